The molecule has 0 radical (unpaired) electrons. The summed E-state index contributed by atoms with van der Waals surface area (Å²) < 4.78 is 1.12. The maximum atomic E-state index is 11.8. The molecular formula is C20H18Cl2N2O2. The first kappa shape index (κ1) is 18.5. The molecule has 4 nitrogen and oxygen atoms in total. The number of hydrogen-bond acceptors (Lipinski definition) is 2. The number of benzene rings is 2. The predicted molar refractivity (Wildman–Crippen MR) is 104 cm³/mol. The van der Waals surface area contributed by atoms with Gasteiger partial charge in [0.15, 0.2) is 5.69 Å². The first-order chi connectivity index (χ1) is 12.3. The minimum Gasteiger partial charge on any atom is -0.476 e. The molecule has 0 saturated carbocycles. The van der Waals surface area contributed by atoms with Crippen molar-refractivity contribution in [3.05, 3.63) is 75.4 Å². The Morgan fingerprint density at radius 1 is 1.15 bits per heavy atom. The summed E-state index contributed by atoms with van der Waals surface area (Å²) in [6, 6.07) is 13.5. The first-order valence-electron chi connectivity index (χ1n) is 8.15. The highest BCUT2D eigenvalue weighted by molar-refractivity contribution is 6.31. The van der Waals surface area contributed by atoms with Crippen molar-refractivity contribution in [3.63, 3.8) is 0 Å². The van der Waals surface area contributed by atoms with Crippen LogP contribution in [0.15, 0.2) is 42.5 Å². The van der Waals surface area contributed by atoms with Crippen LogP contribution in [0.4, 0.5) is 0 Å². The Labute approximate surface area is 162 Å². The fourth-order valence-electron chi connectivity index (χ4n) is 3.05. The summed E-state index contributed by atoms with van der Waals surface area (Å²) in [5, 5.41) is 14.3. The second-order valence-electron chi connectivity index (χ2n) is 6.37. The lowest BCUT2D eigenvalue weighted by atomic mass is 9.88. The molecule has 2 aromatic carbocycles. The van der Waals surface area contributed by atoms with Crippen molar-refractivity contribution in [1.29, 1.82) is 0 Å². The minimum atomic E-state index is -1.11. The van der Waals surface area contributed by atoms with E-state index in [1.54, 1.807) is 6.07 Å². The van der Waals surface area contributed by atoms with Crippen LogP contribution in [-0.4, -0.2) is 20.4 Å². The van der Waals surface area contributed by atoms with Gasteiger partial charge in [0, 0.05) is 33.8 Å². The number of carboxylic acids is 1. The van der Waals surface area contributed by atoms with E-state index in [4.69, 9.17) is 23.4 Å². The van der Waals surface area contributed by atoms with Gasteiger partial charge in [-0.3, -0.25) is 0 Å². The highest BCUT2D eigenvalue weighted by atomic mass is 35.5. The average Bonchev–Trinajstić information content (AvgIpc) is 2.95. The lowest BCUT2D eigenvalue weighted by molar-refractivity contribution is 0.0688. The van der Waals surface area contributed by atoms with E-state index >= 15 is 0 Å². The lowest BCUT2D eigenvalue weighted by Crippen LogP contribution is -2.06. The van der Waals surface area contributed by atoms with Gasteiger partial charge < -0.3 is 5.11 Å². The average molecular weight is 389 g/mol. The van der Waals surface area contributed by atoms with Gasteiger partial charge in [-0.25, -0.2) is 4.79 Å². The fourth-order valence-corrected chi connectivity index (χ4v) is 3.43. The third kappa shape index (κ3) is 3.35. The molecule has 0 aliphatic carbocycles. The van der Waals surface area contributed by atoms with Gasteiger partial charge >= 0.3 is 5.97 Å². The molecule has 6 heteroatoms. The Hall–Kier alpha value is -2.30. The number of hydrogen-bond donors (Lipinski definition) is 1. The number of nitrogens with zero attached hydrogens (tertiary/aromatic N) is 2. The van der Waals surface area contributed by atoms with Crippen LogP contribution in [0.3, 0.4) is 0 Å². The molecule has 134 valence electrons. The quantitative estimate of drug-likeness (QED) is 0.625. The molecule has 3 rings (SSSR count). The minimum absolute atomic E-state index is 0.0457. The molecule has 1 heterocycles. The smallest absolute Gasteiger partial charge is 0.356 e. The normalized spacial score (nSPS) is 12.2. The van der Waals surface area contributed by atoms with E-state index in [-0.39, 0.29) is 11.6 Å². The van der Waals surface area contributed by atoms with Gasteiger partial charge in [-0.2, -0.15) is 4.20 Å². The largest absolute Gasteiger partial charge is 0.476 e. The fraction of sp³-hybridized carbons (Fsp3) is 0.200. The van der Waals surface area contributed by atoms with E-state index in [9.17, 15) is 9.90 Å². The molecule has 3 aromatic rings. The molecule has 0 amide bonds. The van der Waals surface area contributed by atoms with Crippen LogP contribution in [0, 0.1) is 13.8 Å². The zero-order valence-corrected chi connectivity index (χ0v) is 16.1. The van der Waals surface area contributed by atoms with E-state index in [1.807, 2.05) is 57.2 Å². The van der Waals surface area contributed by atoms with Crippen molar-refractivity contribution in [3.8, 4) is 11.3 Å². The molecule has 1 unspecified atom stereocenters. The van der Waals surface area contributed by atoms with Crippen molar-refractivity contribution in [2.75, 3.05) is 0 Å². The number of halogens is 2. The van der Waals surface area contributed by atoms with E-state index < -0.39 is 5.97 Å². The van der Waals surface area contributed by atoms with Crippen molar-refractivity contribution < 1.29 is 9.90 Å². The Kier molecular flexibility index (Phi) is 5.08. The van der Waals surface area contributed by atoms with Crippen LogP contribution in [-0.2, 0) is 0 Å². The Morgan fingerprint density at radius 3 is 2.38 bits per heavy atom. The van der Waals surface area contributed by atoms with Crippen LogP contribution < -0.4 is 0 Å². The van der Waals surface area contributed by atoms with E-state index in [2.05, 4.69) is 5.10 Å². The van der Waals surface area contributed by atoms with E-state index in [1.165, 1.54) is 0 Å². The number of rotatable bonds is 4. The molecule has 0 aliphatic rings. The number of aryl methyl sites for hydroxylation is 2. The highest BCUT2D eigenvalue weighted by Crippen LogP contribution is 2.37. The van der Waals surface area contributed by atoms with Gasteiger partial charge in [-0.05, 0) is 37.1 Å². The second-order valence-corrected chi connectivity index (χ2v) is 7.10. The second kappa shape index (κ2) is 7.14. The number of aromatic carboxylic acids is 1. The van der Waals surface area contributed by atoms with Gasteiger partial charge in [0.1, 0.15) is 0 Å². The van der Waals surface area contributed by atoms with Crippen LogP contribution >= 0.6 is 23.4 Å². The van der Waals surface area contributed by atoms with Gasteiger partial charge in [-0.1, -0.05) is 54.4 Å². The van der Waals surface area contributed by atoms with Crippen molar-refractivity contribution in [2.45, 2.75) is 26.7 Å². The molecule has 0 spiro atoms. The van der Waals surface area contributed by atoms with Gasteiger partial charge in [-0.15, -0.1) is 5.10 Å². The zero-order valence-electron chi connectivity index (χ0n) is 14.6. The summed E-state index contributed by atoms with van der Waals surface area (Å²) in [6.07, 6.45) is 0. The summed E-state index contributed by atoms with van der Waals surface area (Å²) in [5.74, 6) is -1.30. The van der Waals surface area contributed by atoms with Crippen molar-refractivity contribution >= 4 is 29.3 Å². The predicted octanol–water partition coefficient (Wildman–Crippen LogP) is 5.67. The highest BCUT2D eigenvalue weighted by Gasteiger charge is 2.28. The lowest BCUT2D eigenvalue weighted by Gasteiger charge is -2.15. The third-order valence-electron chi connectivity index (χ3n) is 4.53. The summed E-state index contributed by atoms with van der Waals surface area (Å²) in [4.78, 5) is 11.8. The van der Waals surface area contributed by atoms with E-state index in [0.29, 0.717) is 16.3 Å². The van der Waals surface area contributed by atoms with Gasteiger partial charge in [0.25, 0.3) is 0 Å². The zero-order chi connectivity index (χ0) is 19.0. The number of carbonyl (C=O) groups is 1. The summed E-state index contributed by atoms with van der Waals surface area (Å²) in [6.45, 7) is 5.86. The van der Waals surface area contributed by atoms with Crippen molar-refractivity contribution in [1.82, 2.24) is 9.30 Å². The Morgan fingerprint density at radius 2 is 1.81 bits per heavy atom. The molecule has 26 heavy (non-hydrogen) atoms. The van der Waals surface area contributed by atoms with E-state index in [0.717, 1.165) is 26.5 Å². The Bertz CT molecular complexity index is 978. The van der Waals surface area contributed by atoms with Crippen LogP contribution in [0.5, 0.6) is 0 Å². The van der Waals surface area contributed by atoms with Crippen molar-refractivity contribution in [2.24, 2.45) is 0 Å². The topological polar surface area (TPSA) is 55.1 Å². The van der Waals surface area contributed by atoms with Crippen LogP contribution in [0.25, 0.3) is 11.3 Å². The first-order valence-corrected chi connectivity index (χ1v) is 8.86. The summed E-state index contributed by atoms with van der Waals surface area (Å²) >= 11 is 12.4. The number of carboxylic acid groups (broad SMARTS) is 1. The number of aromatic nitrogens is 2. The standard InChI is InChI=1S/C20H18Cl2N2O2/c1-11-4-6-14(7-5-11)13(3)17-18(20(25)26)23-24(22)19(17)15-8-9-16(21)12(2)10-15/h4-10,13H,1-3H3,(H,25,26). The maximum absolute atomic E-state index is 11.8. The molecule has 1 aromatic heterocycles. The third-order valence-corrected chi connectivity index (χ3v) is 5.20. The van der Waals surface area contributed by atoms with Gasteiger partial charge in [0.2, 0.25) is 0 Å². The molecule has 0 bridgehead atoms. The molecule has 0 aliphatic heterocycles. The Balaban J connectivity index is 2.23. The molecule has 1 atom stereocenters. The SMILES string of the molecule is Cc1ccc(C(C)c2c(C(=O)O)nn(Cl)c2-c2ccc(Cl)c(C)c2)cc1. The maximum Gasteiger partial charge on any atom is 0.356 e. The summed E-state index contributed by atoms with van der Waals surface area (Å²) in [7, 11) is 0. The van der Waals surface area contributed by atoms with Gasteiger partial charge in [0.05, 0.1) is 5.69 Å². The molecule has 0 saturated heterocycles. The van der Waals surface area contributed by atoms with Crippen LogP contribution in [0.2, 0.25) is 5.02 Å². The molecule has 0 fully saturated rings. The molecular weight excluding hydrogens is 371 g/mol. The van der Waals surface area contributed by atoms with Crippen LogP contribution in [0.1, 0.15) is 45.6 Å². The molecule has 1 N–H and O–H groups in total. The monoisotopic (exact) mass is 388 g/mol. The summed E-state index contributed by atoms with van der Waals surface area (Å²) in [5.41, 5.74) is 4.89.